The lowest BCUT2D eigenvalue weighted by Crippen LogP contribution is -2.50. The van der Waals surface area contributed by atoms with Crippen LogP contribution >= 0.6 is 23.2 Å². The van der Waals surface area contributed by atoms with Crippen LogP contribution in [0.5, 0.6) is 5.75 Å². The highest BCUT2D eigenvalue weighted by molar-refractivity contribution is 6.35. The van der Waals surface area contributed by atoms with E-state index in [-0.39, 0.29) is 31.0 Å². The second kappa shape index (κ2) is 11.1. The highest BCUT2D eigenvalue weighted by Gasteiger charge is 2.27. The molecule has 0 fully saturated rings. The predicted molar refractivity (Wildman–Crippen MR) is 116 cm³/mol. The van der Waals surface area contributed by atoms with Crippen molar-refractivity contribution in [3.63, 3.8) is 0 Å². The van der Waals surface area contributed by atoms with E-state index in [4.69, 9.17) is 27.9 Å². The van der Waals surface area contributed by atoms with Crippen molar-refractivity contribution in [3.05, 3.63) is 64.1 Å². The van der Waals surface area contributed by atoms with E-state index < -0.39 is 6.04 Å². The van der Waals surface area contributed by atoms with E-state index in [2.05, 4.69) is 5.32 Å². The van der Waals surface area contributed by atoms with Crippen molar-refractivity contribution < 1.29 is 14.3 Å². The second-order valence-corrected chi connectivity index (χ2v) is 7.70. The molecule has 156 valence electrons. The summed E-state index contributed by atoms with van der Waals surface area (Å²) in [6.07, 6.45) is 0.798. The summed E-state index contributed by atoms with van der Waals surface area (Å²) in [4.78, 5) is 27.1. The Hall–Kier alpha value is -2.24. The molecule has 5 nitrogen and oxygen atoms in total. The minimum absolute atomic E-state index is 0.0154. The molecule has 0 aliphatic rings. The van der Waals surface area contributed by atoms with Crippen molar-refractivity contribution >= 4 is 35.0 Å². The van der Waals surface area contributed by atoms with E-state index in [1.165, 1.54) is 4.90 Å². The fraction of sp³-hybridized carbons (Fsp3) is 0.364. The van der Waals surface area contributed by atoms with Gasteiger partial charge < -0.3 is 15.0 Å². The van der Waals surface area contributed by atoms with Gasteiger partial charge >= 0.3 is 0 Å². The van der Waals surface area contributed by atoms with Crippen molar-refractivity contribution in [2.24, 2.45) is 0 Å². The largest absolute Gasteiger partial charge is 0.484 e. The predicted octanol–water partition coefficient (Wildman–Crippen LogP) is 4.70. The van der Waals surface area contributed by atoms with E-state index >= 15 is 0 Å². The number of rotatable bonds is 9. The standard InChI is InChI=1S/C22H26Cl2N2O3/c1-4-15(2)25-22(28)16(3)26(13-17-10-11-18(23)12-20(17)24)21(27)14-29-19-8-6-5-7-9-19/h5-12,15-16H,4,13-14H2,1-3H3,(H,25,28). The van der Waals surface area contributed by atoms with Gasteiger partial charge in [0, 0.05) is 22.6 Å². The van der Waals surface area contributed by atoms with Crippen molar-refractivity contribution in [1.29, 1.82) is 0 Å². The van der Waals surface area contributed by atoms with Crippen LogP contribution in [0, 0.1) is 0 Å². The molecule has 0 spiro atoms. The minimum atomic E-state index is -0.692. The first kappa shape index (κ1) is 23.0. The average Bonchev–Trinajstić information content (AvgIpc) is 2.71. The molecule has 2 aromatic rings. The molecule has 0 saturated heterocycles. The molecule has 0 bridgehead atoms. The second-order valence-electron chi connectivity index (χ2n) is 6.85. The fourth-order valence-corrected chi connectivity index (χ4v) is 3.09. The number of amides is 2. The Morgan fingerprint density at radius 2 is 1.79 bits per heavy atom. The third-order valence-corrected chi connectivity index (χ3v) is 5.22. The molecular formula is C22H26Cl2N2O3. The number of hydrogen-bond acceptors (Lipinski definition) is 3. The van der Waals surface area contributed by atoms with Gasteiger partial charge in [-0.25, -0.2) is 0 Å². The smallest absolute Gasteiger partial charge is 0.261 e. The Balaban J connectivity index is 2.18. The van der Waals surface area contributed by atoms with Gasteiger partial charge in [-0.15, -0.1) is 0 Å². The number of ether oxygens (including phenoxy) is 1. The number of para-hydroxylation sites is 1. The lowest BCUT2D eigenvalue weighted by Gasteiger charge is -2.30. The Morgan fingerprint density at radius 1 is 1.10 bits per heavy atom. The van der Waals surface area contributed by atoms with Crippen LogP contribution in [0.25, 0.3) is 0 Å². The minimum Gasteiger partial charge on any atom is -0.484 e. The van der Waals surface area contributed by atoms with E-state index in [1.54, 1.807) is 37.3 Å². The van der Waals surface area contributed by atoms with Gasteiger partial charge in [-0.2, -0.15) is 0 Å². The molecule has 2 unspecified atom stereocenters. The van der Waals surface area contributed by atoms with Crippen LogP contribution in [0.1, 0.15) is 32.8 Å². The summed E-state index contributed by atoms with van der Waals surface area (Å²) in [6, 6.07) is 13.5. The molecule has 0 saturated carbocycles. The Labute approximate surface area is 181 Å². The number of carbonyl (C=O) groups excluding carboxylic acids is 2. The van der Waals surface area contributed by atoms with Crippen LogP contribution in [0.4, 0.5) is 0 Å². The summed E-state index contributed by atoms with van der Waals surface area (Å²) in [6.45, 7) is 5.59. The van der Waals surface area contributed by atoms with Gasteiger partial charge in [-0.1, -0.05) is 54.4 Å². The molecular weight excluding hydrogens is 411 g/mol. The quantitative estimate of drug-likeness (QED) is 0.619. The van der Waals surface area contributed by atoms with Crippen molar-refractivity contribution in [1.82, 2.24) is 10.2 Å². The summed E-state index contributed by atoms with van der Waals surface area (Å²) >= 11 is 12.3. The third-order valence-electron chi connectivity index (χ3n) is 4.63. The van der Waals surface area contributed by atoms with Gasteiger partial charge in [0.2, 0.25) is 5.91 Å². The number of halogens is 2. The number of benzene rings is 2. The molecule has 2 atom stereocenters. The van der Waals surface area contributed by atoms with Gasteiger partial charge in [-0.3, -0.25) is 9.59 Å². The maximum absolute atomic E-state index is 13.0. The highest BCUT2D eigenvalue weighted by Crippen LogP contribution is 2.23. The molecule has 0 aromatic heterocycles. The topological polar surface area (TPSA) is 58.6 Å². The van der Waals surface area contributed by atoms with Gasteiger partial charge in [0.1, 0.15) is 11.8 Å². The SMILES string of the molecule is CCC(C)NC(=O)C(C)N(Cc1ccc(Cl)cc1Cl)C(=O)COc1ccccc1. The van der Waals surface area contributed by atoms with Crippen LogP contribution in [-0.2, 0) is 16.1 Å². The number of nitrogens with one attached hydrogen (secondary N) is 1. The van der Waals surface area contributed by atoms with E-state index in [0.29, 0.717) is 21.4 Å². The maximum Gasteiger partial charge on any atom is 0.261 e. The Morgan fingerprint density at radius 3 is 2.41 bits per heavy atom. The zero-order valence-electron chi connectivity index (χ0n) is 16.8. The fourth-order valence-electron chi connectivity index (χ4n) is 2.63. The number of carbonyl (C=O) groups is 2. The number of nitrogens with zero attached hydrogens (tertiary/aromatic N) is 1. The first-order valence-electron chi connectivity index (χ1n) is 9.53. The molecule has 0 aliphatic carbocycles. The number of hydrogen-bond donors (Lipinski definition) is 1. The summed E-state index contributed by atoms with van der Waals surface area (Å²) in [7, 11) is 0. The first-order valence-corrected chi connectivity index (χ1v) is 10.3. The molecule has 2 amide bonds. The Bertz CT molecular complexity index is 830. The normalized spacial score (nSPS) is 12.7. The van der Waals surface area contributed by atoms with E-state index in [0.717, 1.165) is 6.42 Å². The zero-order valence-corrected chi connectivity index (χ0v) is 18.3. The van der Waals surface area contributed by atoms with E-state index in [9.17, 15) is 9.59 Å². The lowest BCUT2D eigenvalue weighted by molar-refractivity contribution is -0.142. The molecule has 2 aromatic carbocycles. The van der Waals surface area contributed by atoms with Gasteiger partial charge in [0.05, 0.1) is 0 Å². The monoisotopic (exact) mass is 436 g/mol. The molecule has 0 radical (unpaired) electrons. The summed E-state index contributed by atoms with van der Waals surface area (Å²) < 4.78 is 5.59. The van der Waals surface area contributed by atoms with Crippen LogP contribution in [0.15, 0.2) is 48.5 Å². The molecule has 1 N–H and O–H groups in total. The summed E-state index contributed by atoms with van der Waals surface area (Å²) in [5.74, 6) is 0.0474. The molecule has 29 heavy (non-hydrogen) atoms. The van der Waals surface area contributed by atoms with Crippen molar-refractivity contribution in [3.8, 4) is 5.75 Å². The maximum atomic E-state index is 13.0. The van der Waals surface area contributed by atoms with Crippen LogP contribution < -0.4 is 10.1 Å². The summed E-state index contributed by atoms with van der Waals surface area (Å²) in [5.41, 5.74) is 0.701. The molecule has 2 rings (SSSR count). The third kappa shape index (κ3) is 6.94. The van der Waals surface area contributed by atoms with Crippen molar-refractivity contribution in [2.45, 2.75) is 45.8 Å². The van der Waals surface area contributed by atoms with E-state index in [1.807, 2.05) is 32.0 Å². The van der Waals surface area contributed by atoms with Crippen molar-refractivity contribution in [2.75, 3.05) is 6.61 Å². The Kier molecular flexibility index (Phi) is 8.80. The lowest BCUT2D eigenvalue weighted by atomic mass is 10.1. The molecule has 0 aliphatic heterocycles. The first-order chi connectivity index (χ1) is 13.8. The molecule has 7 heteroatoms. The highest BCUT2D eigenvalue weighted by atomic mass is 35.5. The van der Waals surface area contributed by atoms with Crippen LogP contribution in [0.3, 0.4) is 0 Å². The van der Waals surface area contributed by atoms with Gasteiger partial charge in [-0.05, 0) is 50.1 Å². The van der Waals surface area contributed by atoms with Crippen LogP contribution in [0.2, 0.25) is 10.0 Å². The van der Waals surface area contributed by atoms with Gasteiger partial charge in [0.15, 0.2) is 6.61 Å². The average molecular weight is 437 g/mol. The van der Waals surface area contributed by atoms with Gasteiger partial charge in [0.25, 0.3) is 5.91 Å². The zero-order chi connectivity index (χ0) is 21.4. The van der Waals surface area contributed by atoms with Crippen LogP contribution in [-0.4, -0.2) is 35.4 Å². The molecule has 0 heterocycles. The summed E-state index contributed by atoms with van der Waals surface area (Å²) in [5, 5.41) is 3.87.